The topological polar surface area (TPSA) is 96.4 Å². The van der Waals surface area contributed by atoms with Gasteiger partial charge in [-0.05, 0) is 0 Å². The van der Waals surface area contributed by atoms with Gasteiger partial charge in [-0.2, -0.15) is 0 Å². The third-order valence-electron chi connectivity index (χ3n) is 3.67. The minimum Gasteiger partial charge on any atom is -0.499 e. The summed E-state index contributed by atoms with van der Waals surface area (Å²) in [5, 5.41) is 10.2. The number of hydrogen-bond acceptors (Lipinski definition) is 6. The van der Waals surface area contributed by atoms with Crippen LogP contribution in [-0.2, 0) is 23.9 Å². The van der Waals surface area contributed by atoms with Crippen molar-refractivity contribution in [3.63, 3.8) is 0 Å². The molecule has 1 N–H and O–H groups in total. The Labute approximate surface area is 127 Å². The number of likely N-dealkylation sites (N-methyl/N-ethyl adjacent to an activating group) is 1. The molecule has 1 atom stereocenters. The smallest absolute Gasteiger partial charge is 0.261 e. The number of likely N-dealkylation sites (tertiary alicyclic amines) is 1. The zero-order valence-electron chi connectivity index (χ0n) is 12.7. The van der Waals surface area contributed by atoms with Crippen LogP contribution in [0.1, 0.15) is 6.42 Å². The summed E-state index contributed by atoms with van der Waals surface area (Å²) in [7, 11) is 4.25. The molecular formula is C14H18N2O6. The molecule has 0 radical (unpaired) electrons. The number of methoxy groups -OCH3 is 2. The van der Waals surface area contributed by atoms with Crippen LogP contribution in [0.5, 0.6) is 0 Å². The molecule has 0 unspecified atom stereocenters. The Kier molecular flexibility index (Phi) is 4.34. The van der Waals surface area contributed by atoms with E-state index in [0.717, 1.165) is 4.90 Å². The van der Waals surface area contributed by atoms with E-state index in [9.17, 15) is 19.5 Å². The van der Waals surface area contributed by atoms with E-state index in [4.69, 9.17) is 9.47 Å². The highest BCUT2D eigenvalue weighted by molar-refractivity contribution is 6.07. The molecule has 2 aliphatic rings. The third kappa shape index (κ3) is 2.75. The second-order valence-corrected chi connectivity index (χ2v) is 5.22. The minimum atomic E-state index is -1.68. The van der Waals surface area contributed by atoms with Crippen molar-refractivity contribution in [2.24, 2.45) is 0 Å². The molecule has 0 bridgehead atoms. The Balaban J connectivity index is 2.15. The number of nitrogens with zero attached hydrogens (tertiary/aromatic N) is 2. The molecule has 8 heteroatoms. The van der Waals surface area contributed by atoms with Gasteiger partial charge in [0.15, 0.2) is 5.60 Å². The van der Waals surface area contributed by atoms with Gasteiger partial charge in [0.05, 0.1) is 20.3 Å². The predicted molar refractivity (Wildman–Crippen MR) is 74.1 cm³/mol. The van der Waals surface area contributed by atoms with Crippen LogP contribution < -0.4 is 0 Å². The summed E-state index contributed by atoms with van der Waals surface area (Å²) >= 11 is 0. The van der Waals surface area contributed by atoms with E-state index in [-0.39, 0.29) is 19.6 Å². The molecule has 1 fully saturated rings. The summed E-state index contributed by atoms with van der Waals surface area (Å²) in [5.41, 5.74) is -1.35. The van der Waals surface area contributed by atoms with Crippen molar-refractivity contribution in [2.75, 3.05) is 34.4 Å². The molecule has 2 aliphatic heterocycles. The normalized spacial score (nSPS) is 26.9. The summed E-state index contributed by atoms with van der Waals surface area (Å²) in [4.78, 5) is 38.1. The highest BCUT2D eigenvalue weighted by Gasteiger charge is 2.47. The lowest BCUT2D eigenvalue weighted by atomic mass is 10.0. The van der Waals surface area contributed by atoms with E-state index < -0.39 is 23.3 Å². The van der Waals surface area contributed by atoms with E-state index in [0.29, 0.717) is 11.5 Å². The number of carbonyl (C=O) groups is 3. The van der Waals surface area contributed by atoms with E-state index >= 15 is 0 Å². The zero-order valence-corrected chi connectivity index (χ0v) is 12.7. The van der Waals surface area contributed by atoms with E-state index in [1.165, 1.54) is 38.3 Å². The summed E-state index contributed by atoms with van der Waals surface area (Å²) in [6.07, 6.45) is 2.37. The minimum absolute atomic E-state index is 0.0471. The van der Waals surface area contributed by atoms with Gasteiger partial charge in [0.1, 0.15) is 5.76 Å². The standard InChI is InChI=1S/C14H18N2O6/c1-15-9(6-14(20,8-21-2)13(15)19)4-11(17)16-7-10(22-3)5-12(16)18/h4-5,20H,6-8H2,1-3H3/b9-4+/t14-/m1/s1. The quantitative estimate of drug-likeness (QED) is 0.670. The molecule has 2 rings (SSSR count). The van der Waals surface area contributed by atoms with Crippen molar-refractivity contribution in [1.29, 1.82) is 0 Å². The van der Waals surface area contributed by atoms with E-state index in [2.05, 4.69) is 0 Å². The number of aliphatic hydroxyl groups is 1. The summed E-state index contributed by atoms with van der Waals surface area (Å²) < 4.78 is 9.79. The molecule has 1 saturated heterocycles. The van der Waals surface area contributed by atoms with Crippen LogP contribution in [0.4, 0.5) is 0 Å². The van der Waals surface area contributed by atoms with Crippen molar-refractivity contribution < 1.29 is 29.0 Å². The van der Waals surface area contributed by atoms with Gasteiger partial charge in [0.25, 0.3) is 17.7 Å². The summed E-state index contributed by atoms with van der Waals surface area (Å²) in [6, 6.07) is 0. The Morgan fingerprint density at radius 2 is 2.14 bits per heavy atom. The fourth-order valence-electron chi connectivity index (χ4n) is 2.46. The van der Waals surface area contributed by atoms with E-state index in [1.54, 1.807) is 0 Å². The summed E-state index contributed by atoms with van der Waals surface area (Å²) in [6.45, 7) is -0.113. The Morgan fingerprint density at radius 1 is 1.45 bits per heavy atom. The van der Waals surface area contributed by atoms with Gasteiger partial charge in [0, 0.05) is 38.4 Å². The van der Waals surface area contributed by atoms with Gasteiger partial charge in [-0.1, -0.05) is 0 Å². The molecule has 3 amide bonds. The lowest BCUT2D eigenvalue weighted by molar-refractivity contribution is -0.146. The first kappa shape index (κ1) is 16.2. The maximum atomic E-state index is 12.2. The SMILES string of the molecule is COC[C@]1(O)C/C(=C\C(=O)N2CC(OC)=CC2=O)N(C)C1=O. The average molecular weight is 310 g/mol. The van der Waals surface area contributed by atoms with E-state index in [1.807, 2.05) is 0 Å². The Bertz CT molecular complexity index is 582. The zero-order chi connectivity index (χ0) is 16.5. The third-order valence-corrected chi connectivity index (χ3v) is 3.67. The van der Waals surface area contributed by atoms with Crippen molar-refractivity contribution in [1.82, 2.24) is 9.80 Å². The van der Waals surface area contributed by atoms with Gasteiger partial charge < -0.3 is 19.5 Å². The van der Waals surface area contributed by atoms with Crippen LogP contribution in [0.25, 0.3) is 0 Å². The van der Waals surface area contributed by atoms with Crippen LogP contribution in [0.3, 0.4) is 0 Å². The second-order valence-electron chi connectivity index (χ2n) is 5.22. The van der Waals surface area contributed by atoms with Gasteiger partial charge in [0.2, 0.25) is 0 Å². The fourth-order valence-corrected chi connectivity index (χ4v) is 2.46. The monoisotopic (exact) mass is 310 g/mol. The molecule has 2 heterocycles. The van der Waals surface area contributed by atoms with Crippen molar-refractivity contribution in [3.8, 4) is 0 Å². The number of carbonyl (C=O) groups excluding carboxylic acids is 3. The highest BCUT2D eigenvalue weighted by Crippen LogP contribution is 2.30. The van der Waals surface area contributed by atoms with Gasteiger partial charge >= 0.3 is 0 Å². The van der Waals surface area contributed by atoms with Crippen LogP contribution in [0.2, 0.25) is 0 Å². The molecule has 0 aromatic heterocycles. The summed E-state index contributed by atoms with van der Waals surface area (Å²) in [5.74, 6) is -1.19. The Morgan fingerprint density at radius 3 is 2.68 bits per heavy atom. The molecule has 22 heavy (non-hydrogen) atoms. The van der Waals surface area contributed by atoms with Crippen LogP contribution in [-0.4, -0.2) is 72.6 Å². The number of amides is 3. The first-order valence-corrected chi connectivity index (χ1v) is 6.62. The van der Waals surface area contributed by atoms with Crippen molar-refractivity contribution in [2.45, 2.75) is 12.0 Å². The van der Waals surface area contributed by atoms with Crippen molar-refractivity contribution in [3.05, 3.63) is 23.6 Å². The maximum Gasteiger partial charge on any atom is 0.261 e. The fraction of sp³-hybridized carbons (Fsp3) is 0.500. The van der Waals surface area contributed by atoms with Crippen LogP contribution in [0.15, 0.2) is 23.6 Å². The molecule has 8 nitrogen and oxygen atoms in total. The number of hydrogen-bond donors (Lipinski definition) is 1. The maximum absolute atomic E-state index is 12.2. The molecule has 0 aromatic carbocycles. The number of rotatable bonds is 4. The molecule has 120 valence electrons. The molecule has 0 aliphatic carbocycles. The van der Waals surface area contributed by atoms with Crippen LogP contribution >= 0.6 is 0 Å². The first-order chi connectivity index (χ1) is 10.3. The predicted octanol–water partition coefficient (Wildman–Crippen LogP) is -0.991. The molecular weight excluding hydrogens is 292 g/mol. The lowest BCUT2D eigenvalue weighted by Gasteiger charge is -2.18. The largest absolute Gasteiger partial charge is 0.499 e. The Hall–Kier alpha value is -2.19. The molecule has 0 spiro atoms. The molecule has 0 saturated carbocycles. The number of imide groups is 1. The number of ether oxygens (including phenoxy) is 2. The highest BCUT2D eigenvalue weighted by atomic mass is 16.5. The van der Waals surface area contributed by atoms with Gasteiger partial charge in [-0.15, -0.1) is 0 Å². The second kappa shape index (κ2) is 5.90. The first-order valence-electron chi connectivity index (χ1n) is 6.62. The lowest BCUT2D eigenvalue weighted by Crippen LogP contribution is -2.42. The van der Waals surface area contributed by atoms with Gasteiger partial charge in [-0.25, -0.2) is 0 Å². The molecule has 0 aromatic rings. The van der Waals surface area contributed by atoms with Crippen LogP contribution in [0, 0.1) is 0 Å². The van der Waals surface area contributed by atoms with Crippen molar-refractivity contribution >= 4 is 17.7 Å². The average Bonchev–Trinajstić information content (AvgIpc) is 2.94. The van der Waals surface area contributed by atoms with Gasteiger partial charge in [-0.3, -0.25) is 19.3 Å².